The van der Waals surface area contributed by atoms with Gasteiger partial charge in [0.05, 0.1) is 17.6 Å². The highest BCUT2D eigenvalue weighted by atomic mass is 16.2. The molecular weight excluding hydrogens is 354 g/mol. The highest BCUT2D eigenvalue weighted by Crippen LogP contribution is 2.27. The molecule has 2 heterocycles. The molecule has 0 radical (unpaired) electrons. The van der Waals surface area contributed by atoms with E-state index in [-0.39, 0.29) is 5.91 Å². The lowest BCUT2D eigenvalue weighted by atomic mass is 9.96. The molecule has 1 aromatic heterocycles. The second-order valence-electron chi connectivity index (χ2n) is 7.18. The van der Waals surface area contributed by atoms with Crippen LogP contribution < -0.4 is 11.1 Å². The van der Waals surface area contributed by atoms with Crippen LogP contribution in [0.4, 0.5) is 5.69 Å². The van der Waals surface area contributed by atoms with Gasteiger partial charge in [0.2, 0.25) is 11.8 Å². The van der Waals surface area contributed by atoms with Crippen molar-refractivity contribution in [2.24, 2.45) is 5.73 Å². The van der Waals surface area contributed by atoms with Crippen LogP contribution in [0.3, 0.4) is 0 Å². The molecule has 2 amide bonds. The van der Waals surface area contributed by atoms with Crippen LogP contribution in [0.15, 0.2) is 48.5 Å². The predicted octanol–water partition coefficient (Wildman–Crippen LogP) is 2.48. The van der Waals surface area contributed by atoms with Gasteiger partial charge >= 0.3 is 0 Å². The van der Waals surface area contributed by atoms with E-state index in [1.807, 2.05) is 24.3 Å². The smallest absolute Gasteiger partial charge is 0.248 e. The third kappa shape index (κ3) is 4.04. The van der Waals surface area contributed by atoms with E-state index in [1.165, 1.54) is 0 Å². The van der Waals surface area contributed by atoms with Gasteiger partial charge in [0, 0.05) is 17.2 Å². The van der Waals surface area contributed by atoms with Gasteiger partial charge in [-0.25, -0.2) is 4.98 Å². The standard InChI is InChI=1S/C21H23N5O2/c22-20(28)14-5-7-16(8-6-14)23-19(27)13-26-11-9-15(10-12-26)21-24-17-3-1-2-4-18(17)25-21/h1-8,15H,9-13H2,(H2,22,28)(H,23,27)(H,24,25). The Morgan fingerprint density at radius 1 is 1.11 bits per heavy atom. The molecule has 0 spiro atoms. The number of nitrogens with zero attached hydrogens (tertiary/aromatic N) is 2. The maximum atomic E-state index is 12.3. The molecule has 2 aromatic carbocycles. The van der Waals surface area contributed by atoms with Gasteiger partial charge in [0.25, 0.3) is 0 Å². The minimum atomic E-state index is -0.481. The number of hydrogen-bond donors (Lipinski definition) is 3. The van der Waals surface area contributed by atoms with Crippen LogP contribution in [-0.2, 0) is 4.79 Å². The minimum absolute atomic E-state index is 0.0611. The fraction of sp³-hybridized carbons (Fsp3) is 0.286. The van der Waals surface area contributed by atoms with Crippen molar-refractivity contribution in [3.8, 4) is 0 Å². The summed E-state index contributed by atoms with van der Waals surface area (Å²) in [6.07, 6.45) is 1.95. The molecule has 0 unspecified atom stereocenters. The number of likely N-dealkylation sites (tertiary alicyclic amines) is 1. The SMILES string of the molecule is NC(=O)c1ccc(NC(=O)CN2CCC(c3nc4ccccc4[nH]3)CC2)cc1. The van der Waals surface area contributed by atoms with Gasteiger partial charge in [0.1, 0.15) is 5.82 Å². The van der Waals surface area contributed by atoms with Crippen LogP contribution in [0.1, 0.15) is 34.9 Å². The van der Waals surface area contributed by atoms with Gasteiger partial charge in [-0.05, 0) is 62.3 Å². The molecule has 1 fully saturated rings. The number of imidazole rings is 1. The van der Waals surface area contributed by atoms with Crippen molar-refractivity contribution in [1.82, 2.24) is 14.9 Å². The molecule has 1 aliphatic rings. The molecule has 3 aromatic rings. The van der Waals surface area contributed by atoms with Gasteiger partial charge in [0.15, 0.2) is 0 Å². The number of aromatic amines is 1. The number of piperidine rings is 1. The first-order valence-corrected chi connectivity index (χ1v) is 9.45. The molecule has 4 rings (SSSR count). The molecule has 7 heteroatoms. The summed E-state index contributed by atoms with van der Waals surface area (Å²) in [4.78, 5) is 33.7. The number of H-pyrrole nitrogens is 1. The second-order valence-corrected chi connectivity index (χ2v) is 7.18. The highest BCUT2D eigenvalue weighted by Gasteiger charge is 2.24. The van der Waals surface area contributed by atoms with Gasteiger partial charge in [-0.1, -0.05) is 12.1 Å². The van der Waals surface area contributed by atoms with Crippen molar-refractivity contribution in [3.05, 3.63) is 59.9 Å². The van der Waals surface area contributed by atoms with Gasteiger partial charge in [-0.15, -0.1) is 0 Å². The number of rotatable bonds is 5. The molecule has 4 N–H and O–H groups in total. The fourth-order valence-corrected chi connectivity index (χ4v) is 3.65. The number of para-hydroxylation sites is 2. The first-order chi connectivity index (χ1) is 13.6. The first-order valence-electron chi connectivity index (χ1n) is 9.45. The van der Waals surface area contributed by atoms with Gasteiger partial charge in [-0.3, -0.25) is 14.5 Å². The number of amides is 2. The Kier molecular flexibility index (Phi) is 5.08. The molecule has 28 heavy (non-hydrogen) atoms. The molecule has 1 saturated heterocycles. The topological polar surface area (TPSA) is 104 Å². The maximum absolute atomic E-state index is 12.3. The average Bonchev–Trinajstić information content (AvgIpc) is 3.13. The number of benzene rings is 2. The quantitative estimate of drug-likeness (QED) is 0.635. The average molecular weight is 377 g/mol. The van der Waals surface area contributed by atoms with E-state index in [0.717, 1.165) is 42.8 Å². The Labute approximate surface area is 162 Å². The lowest BCUT2D eigenvalue weighted by molar-refractivity contribution is -0.117. The zero-order valence-electron chi connectivity index (χ0n) is 15.5. The Morgan fingerprint density at radius 3 is 2.50 bits per heavy atom. The van der Waals surface area contributed by atoms with Gasteiger partial charge in [-0.2, -0.15) is 0 Å². The number of primary amides is 1. The predicted molar refractivity (Wildman–Crippen MR) is 108 cm³/mol. The monoisotopic (exact) mass is 377 g/mol. The Bertz CT molecular complexity index is 954. The summed E-state index contributed by atoms with van der Waals surface area (Å²) in [5.41, 5.74) is 8.38. The number of aromatic nitrogens is 2. The molecule has 0 saturated carbocycles. The van der Waals surface area contributed by atoms with Crippen molar-refractivity contribution < 1.29 is 9.59 Å². The van der Waals surface area contributed by atoms with Crippen LogP contribution in [0, 0.1) is 0 Å². The van der Waals surface area contributed by atoms with E-state index < -0.39 is 5.91 Å². The molecule has 1 aliphatic heterocycles. The summed E-state index contributed by atoms with van der Waals surface area (Å²) in [7, 11) is 0. The highest BCUT2D eigenvalue weighted by molar-refractivity contribution is 5.95. The van der Waals surface area contributed by atoms with E-state index in [2.05, 4.69) is 15.2 Å². The number of anilines is 1. The maximum Gasteiger partial charge on any atom is 0.248 e. The summed E-state index contributed by atoms with van der Waals surface area (Å²) >= 11 is 0. The van der Waals surface area contributed by atoms with Crippen molar-refractivity contribution in [1.29, 1.82) is 0 Å². The number of nitrogens with one attached hydrogen (secondary N) is 2. The number of carbonyl (C=O) groups is 2. The van der Waals surface area contributed by atoms with Crippen LogP contribution in [0.5, 0.6) is 0 Å². The summed E-state index contributed by atoms with van der Waals surface area (Å²) < 4.78 is 0. The van der Waals surface area contributed by atoms with E-state index >= 15 is 0 Å². The van der Waals surface area contributed by atoms with E-state index in [4.69, 9.17) is 10.7 Å². The molecule has 7 nitrogen and oxygen atoms in total. The molecule has 144 valence electrons. The summed E-state index contributed by atoms with van der Waals surface area (Å²) in [6.45, 7) is 2.07. The third-order valence-electron chi connectivity index (χ3n) is 5.20. The Balaban J connectivity index is 1.29. The van der Waals surface area contributed by atoms with Gasteiger partial charge < -0.3 is 16.0 Å². The van der Waals surface area contributed by atoms with Crippen molar-refractivity contribution in [3.63, 3.8) is 0 Å². The molecule has 0 aliphatic carbocycles. The van der Waals surface area contributed by atoms with Crippen LogP contribution in [0.25, 0.3) is 11.0 Å². The fourth-order valence-electron chi connectivity index (χ4n) is 3.65. The van der Waals surface area contributed by atoms with E-state index in [9.17, 15) is 9.59 Å². The molecule has 0 bridgehead atoms. The largest absolute Gasteiger partial charge is 0.366 e. The summed E-state index contributed by atoms with van der Waals surface area (Å²) in [5, 5.41) is 2.86. The number of carbonyl (C=O) groups excluding carboxylic acids is 2. The normalized spacial score (nSPS) is 15.6. The van der Waals surface area contributed by atoms with Crippen molar-refractivity contribution >= 4 is 28.5 Å². The summed E-state index contributed by atoms with van der Waals surface area (Å²) in [5.74, 6) is 0.895. The zero-order valence-corrected chi connectivity index (χ0v) is 15.5. The third-order valence-corrected chi connectivity index (χ3v) is 5.20. The summed E-state index contributed by atoms with van der Waals surface area (Å²) in [6, 6.07) is 14.7. The van der Waals surface area contributed by atoms with E-state index in [1.54, 1.807) is 24.3 Å². The zero-order chi connectivity index (χ0) is 19.5. The minimum Gasteiger partial charge on any atom is -0.366 e. The number of hydrogen-bond acceptors (Lipinski definition) is 4. The van der Waals surface area contributed by atoms with Crippen LogP contribution >= 0.6 is 0 Å². The number of nitrogens with two attached hydrogens (primary N) is 1. The first kappa shape index (κ1) is 18.2. The lowest BCUT2D eigenvalue weighted by Gasteiger charge is -2.30. The van der Waals surface area contributed by atoms with Crippen molar-refractivity contribution in [2.75, 3.05) is 25.0 Å². The second kappa shape index (κ2) is 7.82. The van der Waals surface area contributed by atoms with Crippen molar-refractivity contribution in [2.45, 2.75) is 18.8 Å². The van der Waals surface area contributed by atoms with E-state index in [0.29, 0.717) is 23.7 Å². The molecular formula is C21H23N5O2. The van der Waals surface area contributed by atoms with Crippen LogP contribution in [0.2, 0.25) is 0 Å². The lowest BCUT2D eigenvalue weighted by Crippen LogP contribution is -2.38. The Hall–Kier alpha value is -3.19. The molecule has 0 atom stereocenters. The number of fused-ring (bicyclic) bond motifs is 1. The van der Waals surface area contributed by atoms with Crippen LogP contribution in [-0.4, -0.2) is 46.3 Å². The Morgan fingerprint density at radius 2 is 1.82 bits per heavy atom.